The van der Waals surface area contributed by atoms with Gasteiger partial charge in [0.1, 0.15) is 0 Å². The van der Waals surface area contributed by atoms with Crippen molar-refractivity contribution in [1.82, 2.24) is 0 Å². The molecule has 0 aliphatic carbocycles. The van der Waals surface area contributed by atoms with Crippen LogP contribution in [0.5, 0.6) is 0 Å². The van der Waals surface area contributed by atoms with E-state index in [0.29, 0.717) is 0 Å². The van der Waals surface area contributed by atoms with Gasteiger partial charge in [0.15, 0.2) is 0 Å². The molecule has 0 aliphatic rings. The van der Waals surface area contributed by atoms with Crippen molar-refractivity contribution in [3.05, 3.63) is 6.42 Å². The highest BCUT2D eigenvalue weighted by atomic mass is 13.6. The van der Waals surface area contributed by atoms with Gasteiger partial charge >= 0.3 is 0 Å². The van der Waals surface area contributed by atoms with Gasteiger partial charge in [0, 0.05) is 184 Å². The Morgan fingerprint density at radius 2 is 0.245 bits per heavy atom. The first-order chi connectivity index (χ1) is 26.4. The second-order valence-electron chi connectivity index (χ2n) is 6.50. The van der Waals surface area contributed by atoms with Gasteiger partial charge in [0.25, 0.3) is 0 Å². The van der Waals surface area contributed by atoms with Crippen LogP contribution in [0.4, 0.5) is 0 Å². The third-order valence-electron chi connectivity index (χ3n) is 3.19. The summed E-state index contributed by atoms with van der Waals surface area (Å²) in [5.41, 5.74) is 0. The first-order valence-corrected chi connectivity index (χ1v) is 13.2. The summed E-state index contributed by atoms with van der Waals surface area (Å²) in [5.74, 6) is 126. The lowest BCUT2D eigenvalue weighted by molar-refractivity contribution is 1.92. The average molecular weight is 640 g/mol. The Kier molecular flexibility index (Phi) is 31.8. The van der Waals surface area contributed by atoms with Gasteiger partial charge < -0.3 is 6.42 Å². The molecular weight excluding hydrogens is 637 g/mol. The van der Waals surface area contributed by atoms with E-state index < -0.39 is 0 Å². The lowest BCUT2D eigenvalue weighted by Gasteiger charge is -1.63. The topological polar surface area (TPSA) is 0 Å². The molecule has 0 unspecified atom stereocenters. The fourth-order valence-electron chi connectivity index (χ4n) is 1.56. The van der Waals surface area contributed by atoms with Gasteiger partial charge in [-0.25, -0.2) is 5.92 Å². The second kappa shape index (κ2) is 40.6. The van der Waals surface area contributed by atoms with Crippen LogP contribution in [0.2, 0.25) is 0 Å². The maximum Gasteiger partial charge on any atom is 0 e. The summed E-state index contributed by atoms with van der Waals surface area (Å²) in [6, 6.07) is 0. The molecule has 0 heteroatoms. The molecule has 0 bridgehead atoms. The minimum Gasteiger partial charge on any atom is -0.358 e. The van der Waals surface area contributed by atoms with Gasteiger partial charge in [-0.1, -0.05) is 5.92 Å². The van der Waals surface area contributed by atoms with E-state index in [9.17, 15) is 0 Å². The molecule has 0 amide bonds. The number of hydrogen-bond donors (Lipinski definition) is 0. The van der Waals surface area contributed by atoms with Crippen LogP contribution in [0, 0.1) is 308 Å². The van der Waals surface area contributed by atoms with Crippen molar-refractivity contribution in [2.45, 2.75) is 6.92 Å². The number of hydrogen-bond acceptors (Lipinski definition) is 0. The zero-order chi connectivity index (χ0) is 38.1. The summed E-state index contributed by atoms with van der Waals surface area (Å²) < 4.78 is 0. The van der Waals surface area contributed by atoms with Crippen LogP contribution in [0.1, 0.15) is 6.92 Å². The van der Waals surface area contributed by atoms with Gasteiger partial charge in [-0.05, 0) is 102 Å². The summed E-state index contributed by atoms with van der Waals surface area (Å²) in [4.78, 5) is 0. The molecule has 0 aliphatic heterocycles. The molecule has 216 valence electrons. The molecule has 0 aromatic heterocycles. The van der Waals surface area contributed by atoms with E-state index in [0.717, 1.165) is 0 Å². The lowest BCUT2D eigenvalue weighted by Crippen LogP contribution is -1.57. The highest BCUT2D eigenvalue weighted by Gasteiger charge is 1.62. The fourth-order valence-corrected chi connectivity index (χ4v) is 1.56. The molecular formula is C53H3-. The van der Waals surface area contributed by atoms with Gasteiger partial charge in [-0.3, -0.25) is 5.92 Å². The monoisotopic (exact) mass is 639 g/mol. The Morgan fingerprint density at radius 3 is 0.340 bits per heavy atom. The molecule has 0 aromatic rings. The molecule has 0 saturated carbocycles. The standard InChI is InChI=1S/C53H3/c1-3-5-7-9-11-13-15-17-19-21-23-25-27-29-31-33-35-37-39-41-43-45-47-49-51-53-52-50-48-46-44-42-40-38-36-34-32-30-28-26-24-22-20-18-16-14-12-10-8-6-4-2/h1H3/q-1. The molecule has 0 spiro atoms. The first-order valence-electron chi connectivity index (χ1n) is 13.2. The van der Waals surface area contributed by atoms with Crippen molar-refractivity contribution in [2.24, 2.45) is 0 Å². The molecule has 0 N–H and O–H groups in total. The minimum absolute atomic E-state index is 1.69. The third-order valence-corrected chi connectivity index (χ3v) is 3.19. The van der Waals surface area contributed by atoms with Crippen molar-refractivity contribution in [1.29, 1.82) is 0 Å². The fraction of sp³-hybridized carbons (Fsp3) is 0.0189. The highest BCUT2D eigenvalue weighted by Crippen LogP contribution is 1.62. The second-order valence-corrected chi connectivity index (χ2v) is 6.50. The normalized spacial score (nSPS) is 3.92. The lowest BCUT2D eigenvalue weighted by atomic mass is 10.4. The van der Waals surface area contributed by atoms with E-state index in [2.05, 4.69) is 296 Å². The third kappa shape index (κ3) is 40.6. The molecule has 0 heterocycles. The van der Waals surface area contributed by atoms with Crippen LogP contribution in [0.15, 0.2) is 0 Å². The van der Waals surface area contributed by atoms with Crippen molar-refractivity contribution in [3.8, 4) is 302 Å². The largest absolute Gasteiger partial charge is 0.358 e. The minimum atomic E-state index is 1.69. The zero-order valence-electron chi connectivity index (χ0n) is 27.0. The van der Waals surface area contributed by atoms with Crippen LogP contribution >= 0.6 is 0 Å². The van der Waals surface area contributed by atoms with Crippen LogP contribution in [0.3, 0.4) is 0 Å². The Morgan fingerprint density at radius 1 is 0.151 bits per heavy atom. The van der Waals surface area contributed by atoms with Crippen molar-refractivity contribution in [2.75, 3.05) is 0 Å². The summed E-state index contributed by atoms with van der Waals surface area (Å²) in [6.07, 6.45) is 6.57. The Balaban J connectivity index is 4.57. The predicted molar refractivity (Wildman–Crippen MR) is 207 cm³/mol. The van der Waals surface area contributed by atoms with Gasteiger partial charge in [-0.15, -0.1) is 5.92 Å². The molecule has 53 heavy (non-hydrogen) atoms. The van der Waals surface area contributed by atoms with Crippen molar-refractivity contribution >= 4 is 0 Å². The number of rotatable bonds is 0. The zero-order valence-corrected chi connectivity index (χ0v) is 27.0. The predicted octanol–water partition coefficient (Wildman–Crippen LogP) is 0.681. The van der Waals surface area contributed by atoms with Crippen molar-refractivity contribution < 1.29 is 0 Å². The smallest absolute Gasteiger partial charge is 0 e. The van der Waals surface area contributed by atoms with Crippen LogP contribution in [-0.4, -0.2) is 0 Å². The van der Waals surface area contributed by atoms with Gasteiger partial charge in [-0.2, -0.15) is 0 Å². The molecule has 0 radical (unpaired) electrons. The Bertz CT molecular complexity index is 3260. The molecule has 0 aromatic carbocycles. The molecule has 0 fully saturated rings. The molecule has 0 rings (SSSR count). The van der Waals surface area contributed by atoms with Crippen LogP contribution < -0.4 is 0 Å². The van der Waals surface area contributed by atoms with Crippen molar-refractivity contribution in [3.63, 3.8) is 0 Å². The maximum absolute atomic E-state index is 6.57. The van der Waals surface area contributed by atoms with E-state index in [4.69, 9.17) is 6.42 Å². The van der Waals surface area contributed by atoms with Crippen LogP contribution in [0.25, 0.3) is 0 Å². The Hall–Kier alpha value is -11.4. The van der Waals surface area contributed by atoms with E-state index >= 15 is 0 Å². The van der Waals surface area contributed by atoms with E-state index in [1.165, 1.54) is 0 Å². The van der Waals surface area contributed by atoms with E-state index in [-0.39, 0.29) is 0 Å². The maximum atomic E-state index is 6.57. The first kappa shape index (κ1) is 41.6. The summed E-state index contributed by atoms with van der Waals surface area (Å²) in [7, 11) is 0. The average Bonchev–Trinajstić information content (AvgIpc) is 3.17. The highest BCUT2D eigenvalue weighted by molar-refractivity contribution is 5.51. The Labute approximate surface area is 314 Å². The van der Waals surface area contributed by atoms with Gasteiger partial charge in [0.2, 0.25) is 0 Å². The van der Waals surface area contributed by atoms with E-state index in [1.54, 1.807) is 6.92 Å². The van der Waals surface area contributed by atoms with E-state index in [1.807, 2.05) is 5.92 Å². The molecule has 0 saturated heterocycles. The summed E-state index contributed by atoms with van der Waals surface area (Å²) >= 11 is 0. The SMILES string of the molecule is [C-]#CC#CC#CC#CC#CC#CC#CC#CC#CC#CC#CC#CC#CC#CC#CC#CC#CC#CC#CC#CC#CC#CC#CC#CC#CC#CC. The summed E-state index contributed by atoms with van der Waals surface area (Å²) in [6.45, 7) is 1.69. The van der Waals surface area contributed by atoms with Crippen LogP contribution in [-0.2, 0) is 0 Å². The summed E-state index contributed by atoms with van der Waals surface area (Å²) in [5, 5.41) is 0. The molecule has 0 atom stereocenters. The molecule has 0 nitrogen and oxygen atoms in total. The van der Waals surface area contributed by atoms with Gasteiger partial charge in [0.05, 0.1) is 0 Å². The quantitative estimate of drug-likeness (QED) is 0.271.